The largest absolute Gasteiger partial charge is 0.422 e. The van der Waals surface area contributed by atoms with E-state index in [0.29, 0.717) is 0 Å². The number of alkyl halides is 3. The Bertz CT molecular complexity index is 974. The number of allylic oxidation sites excluding steroid dienone is 1. The average Bonchev–Trinajstić information content (AvgIpc) is 2.68. The highest BCUT2D eigenvalue weighted by molar-refractivity contribution is 5.93. The lowest BCUT2D eigenvalue weighted by Crippen LogP contribution is -2.09. The molecule has 0 aliphatic rings. The van der Waals surface area contributed by atoms with Gasteiger partial charge in [-0.25, -0.2) is 9.18 Å². The monoisotopic (exact) mass is 386 g/mol. The minimum absolute atomic E-state index is 0.0621. The molecule has 3 aromatic carbocycles. The van der Waals surface area contributed by atoms with Gasteiger partial charge < -0.3 is 4.74 Å². The Morgan fingerprint density at radius 2 is 1.29 bits per heavy atom. The molecule has 0 saturated heterocycles. The Morgan fingerprint density at radius 3 is 1.86 bits per heavy atom. The molecule has 0 spiro atoms. The van der Waals surface area contributed by atoms with Gasteiger partial charge in [-0.05, 0) is 47.5 Å². The van der Waals surface area contributed by atoms with Crippen molar-refractivity contribution in [2.24, 2.45) is 0 Å². The highest BCUT2D eigenvalue weighted by atomic mass is 19.4. The van der Waals surface area contributed by atoms with E-state index in [1.54, 1.807) is 12.1 Å². The van der Waals surface area contributed by atoms with Crippen LogP contribution in [0.2, 0.25) is 0 Å². The van der Waals surface area contributed by atoms with Gasteiger partial charge in [0.05, 0.1) is 11.6 Å². The summed E-state index contributed by atoms with van der Waals surface area (Å²) in [6, 6.07) is 19.9. The van der Waals surface area contributed by atoms with Gasteiger partial charge in [-0.3, -0.25) is 0 Å². The Morgan fingerprint density at radius 1 is 0.750 bits per heavy atom. The first-order chi connectivity index (χ1) is 13.3. The first-order valence-electron chi connectivity index (χ1n) is 8.25. The van der Waals surface area contributed by atoms with Crippen LogP contribution in [0.3, 0.4) is 0 Å². The van der Waals surface area contributed by atoms with Gasteiger partial charge in [-0.15, -0.1) is 0 Å². The summed E-state index contributed by atoms with van der Waals surface area (Å²) in [5, 5.41) is 0. The Balaban J connectivity index is 1.84. The van der Waals surface area contributed by atoms with Gasteiger partial charge in [-0.1, -0.05) is 42.5 Å². The number of hydrogen-bond acceptors (Lipinski definition) is 2. The highest BCUT2D eigenvalue weighted by Gasteiger charge is 2.27. The van der Waals surface area contributed by atoms with Crippen molar-refractivity contribution in [3.8, 4) is 11.1 Å². The molecule has 28 heavy (non-hydrogen) atoms. The van der Waals surface area contributed by atoms with Gasteiger partial charge in [0.2, 0.25) is 0 Å². The molecule has 0 fully saturated rings. The maximum atomic E-state index is 13.0. The standard InChI is InChI=1S/C22H14F4O2/c23-19-12-10-17(11-13-19)20(14-22(24,25)26)28-21(27)18-8-6-16(7-9-18)15-4-2-1-3-5-15/h1-14H/b20-14+. The number of halogens is 4. The molecule has 0 saturated carbocycles. The normalized spacial score (nSPS) is 11.9. The molecule has 0 amide bonds. The van der Waals surface area contributed by atoms with E-state index in [9.17, 15) is 22.4 Å². The van der Waals surface area contributed by atoms with Gasteiger partial charge in [0.15, 0.2) is 0 Å². The molecule has 142 valence electrons. The third-order valence-corrected chi connectivity index (χ3v) is 3.85. The van der Waals surface area contributed by atoms with E-state index in [2.05, 4.69) is 0 Å². The van der Waals surface area contributed by atoms with E-state index in [-0.39, 0.29) is 17.2 Å². The molecular formula is C22H14F4O2. The number of hydrogen-bond donors (Lipinski definition) is 0. The Hall–Kier alpha value is -3.41. The number of esters is 1. The third-order valence-electron chi connectivity index (χ3n) is 3.85. The fourth-order valence-corrected chi connectivity index (χ4v) is 2.52. The smallest absolute Gasteiger partial charge is 0.413 e. The summed E-state index contributed by atoms with van der Waals surface area (Å²) in [6.07, 6.45) is -4.84. The molecular weight excluding hydrogens is 372 g/mol. The molecule has 0 aromatic heterocycles. The lowest BCUT2D eigenvalue weighted by Gasteiger charge is -2.11. The van der Waals surface area contributed by atoms with Crippen molar-refractivity contribution in [3.05, 3.63) is 102 Å². The van der Waals surface area contributed by atoms with Crippen LogP contribution in [-0.2, 0) is 4.74 Å². The predicted octanol–water partition coefficient (Wildman–Crippen LogP) is 6.25. The van der Waals surface area contributed by atoms with E-state index >= 15 is 0 Å². The first kappa shape index (κ1) is 19.4. The van der Waals surface area contributed by atoms with Crippen LogP contribution >= 0.6 is 0 Å². The summed E-state index contributed by atoms with van der Waals surface area (Å²) in [4.78, 5) is 12.3. The maximum absolute atomic E-state index is 13.0. The van der Waals surface area contributed by atoms with Gasteiger partial charge in [0, 0.05) is 5.56 Å². The van der Waals surface area contributed by atoms with Crippen LogP contribution in [0, 0.1) is 5.82 Å². The summed E-state index contributed by atoms with van der Waals surface area (Å²) >= 11 is 0. The molecule has 6 heteroatoms. The van der Waals surface area contributed by atoms with Crippen molar-refractivity contribution in [1.82, 2.24) is 0 Å². The molecule has 0 atom stereocenters. The van der Waals surface area contributed by atoms with Crippen LogP contribution in [0.5, 0.6) is 0 Å². The summed E-state index contributed by atoms with van der Waals surface area (Å²) < 4.78 is 56.5. The van der Waals surface area contributed by atoms with Crippen molar-refractivity contribution < 1.29 is 27.1 Å². The van der Waals surface area contributed by atoms with E-state index in [1.165, 1.54) is 12.1 Å². The van der Waals surface area contributed by atoms with Crippen molar-refractivity contribution in [1.29, 1.82) is 0 Å². The minimum atomic E-state index is -4.71. The van der Waals surface area contributed by atoms with Crippen molar-refractivity contribution >= 4 is 11.7 Å². The molecule has 0 aliphatic carbocycles. The number of rotatable bonds is 4. The number of ether oxygens (including phenoxy) is 1. The van der Waals surface area contributed by atoms with E-state index in [4.69, 9.17) is 4.74 Å². The number of benzene rings is 3. The lowest BCUT2D eigenvalue weighted by atomic mass is 10.0. The fourth-order valence-electron chi connectivity index (χ4n) is 2.52. The highest BCUT2D eigenvalue weighted by Crippen LogP contribution is 2.27. The van der Waals surface area contributed by atoms with Crippen LogP contribution in [0.4, 0.5) is 17.6 Å². The molecule has 0 aliphatic heterocycles. The molecule has 0 bridgehead atoms. The van der Waals surface area contributed by atoms with E-state index < -0.39 is 23.7 Å². The minimum Gasteiger partial charge on any atom is -0.422 e. The molecule has 2 nitrogen and oxygen atoms in total. The molecule has 0 N–H and O–H groups in total. The number of carbonyl (C=O) groups is 1. The zero-order chi connectivity index (χ0) is 20.1. The lowest BCUT2D eigenvalue weighted by molar-refractivity contribution is -0.0802. The fraction of sp³-hybridized carbons (Fsp3) is 0.0455. The molecule has 0 heterocycles. The van der Waals surface area contributed by atoms with Crippen molar-refractivity contribution in [2.45, 2.75) is 6.18 Å². The van der Waals surface area contributed by atoms with Gasteiger partial charge in [0.25, 0.3) is 0 Å². The van der Waals surface area contributed by atoms with Crippen LogP contribution in [0.25, 0.3) is 16.9 Å². The van der Waals surface area contributed by atoms with Crippen molar-refractivity contribution in [2.75, 3.05) is 0 Å². The van der Waals surface area contributed by atoms with E-state index in [1.807, 2.05) is 30.3 Å². The van der Waals surface area contributed by atoms with E-state index in [0.717, 1.165) is 35.4 Å². The average molecular weight is 386 g/mol. The Labute approximate surface area is 158 Å². The van der Waals surface area contributed by atoms with Gasteiger partial charge in [0.1, 0.15) is 11.6 Å². The summed E-state index contributed by atoms with van der Waals surface area (Å²) in [5.41, 5.74) is 1.82. The first-order valence-corrected chi connectivity index (χ1v) is 8.25. The van der Waals surface area contributed by atoms with Gasteiger partial charge in [-0.2, -0.15) is 13.2 Å². The number of carbonyl (C=O) groups excluding carboxylic acids is 1. The summed E-state index contributed by atoms with van der Waals surface area (Å²) in [5.74, 6) is -2.26. The van der Waals surface area contributed by atoms with Crippen LogP contribution < -0.4 is 0 Å². The predicted molar refractivity (Wildman–Crippen MR) is 97.7 cm³/mol. The molecule has 0 radical (unpaired) electrons. The third kappa shape index (κ3) is 5.07. The molecule has 0 unspecified atom stereocenters. The molecule has 3 rings (SSSR count). The molecule has 3 aromatic rings. The quantitative estimate of drug-likeness (QED) is 0.301. The summed E-state index contributed by atoms with van der Waals surface area (Å²) in [6.45, 7) is 0. The topological polar surface area (TPSA) is 26.3 Å². The Kier molecular flexibility index (Phi) is 5.59. The SMILES string of the molecule is O=C(O/C(=C/C(F)(F)F)c1ccc(F)cc1)c1ccc(-c2ccccc2)cc1. The van der Waals surface area contributed by atoms with Crippen LogP contribution in [-0.4, -0.2) is 12.1 Å². The second-order valence-electron chi connectivity index (χ2n) is 5.89. The van der Waals surface area contributed by atoms with Gasteiger partial charge >= 0.3 is 12.1 Å². The van der Waals surface area contributed by atoms with Crippen LogP contribution in [0.15, 0.2) is 84.9 Å². The van der Waals surface area contributed by atoms with Crippen molar-refractivity contribution in [3.63, 3.8) is 0 Å². The van der Waals surface area contributed by atoms with Crippen LogP contribution in [0.1, 0.15) is 15.9 Å². The zero-order valence-corrected chi connectivity index (χ0v) is 14.4. The zero-order valence-electron chi connectivity index (χ0n) is 14.4. The summed E-state index contributed by atoms with van der Waals surface area (Å²) in [7, 11) is 0. The second-order valence-corrected chi connectivity index (χ2v) is 5.89. The second kappa shape index (κ2) is 8.08. The maximum Gasteiger partial charge on any atom is 0.413 e.